The van der Waals surface area contributed by atoms with Crippen LogP contribution in [0.2, 0.25) is 0 Å². The second-order valence-corrected chi connectivity index (χ2v) is 5.47. The van der Waals surface area contributed by atoms with Gasteiger partial charge in [0, 0.05) is 0 Å². The van der Waals surface area contributed by atoms with Gasteiger partial charge in [-0.25, -0.2) is 9.59 Å². The van der Waals surface area contributed by atoms with Gasteiger partial charge < -0.3 is 0 Å². The zero-order chi connectivity index (χ0) is 15.3. The maximum Gasteiger partial charge on any atom is 0.237 e. The molecule has 1 unspecified atom stereocenters. The second-order valence-electron chi connectivity index (χ2n) is 5.47. The van der Waals surface area contributed by atoms with E-state index in [1.807, 2.05) is 6.92 Å². The molecule has 4 nitrogen and oxygen atoms in total. The first kappa shape index (κ1) is 18.8. The molecule has 0 radical (unpaired) electrons. The Hall–Kier alpha value is -1.24. The molecule has 20 heavy (non-hydrogen) atoms. The van der Waals surface area contributed by atoms with E-state index < -0.39 is 5.66 Å². The van der Waals surface area contributed by atoms with Crippen molar-refractivity contribution < 1.29 is 9.59 Å². The number of rotatable bonds is 12. The summed E-state index contributed by atoms with van der Waals surface area (Å²) in [7, 11) is 0. The summed E-state index contributed by atoms with van der Waals surface area (Å²) in [5, 5.41) is 0. The molecule has 0 rings (SSSR count). The molecule has 0 amide bonds. The minimum Gasteiger partial charge on any atom is -0.211 e. The smallest absolute Gasteiger partial charge is 0.211 e. The van der Waals surface area contributed by atoms with E-state index >= 15 is 0 Å². The van der Waals surface area contributed by atoms with Crippen molar-refractivity contribution >= 4 is 12.2 Å². The highest BCUT2D eigenvalue weighted by Gasteiger charge is 2.31. The molecule has 0 aromatic heterocycles. The van der Waals surface area contributed by atoms with Gasteiger partial charge in [0.25, 0.3) is 0 Å². The maximum absolute atomic E-state index is 10.7. The van der Waals surface area contributed by atoms with E-state index in [9.17, 15) is 9.59 Å². The molecular weight excluding hydrogens is 252 g/mol. The summed E-state index contributed by atoms with van der Waals surface area (Å²) < 4.78 is 0. The lowest BCUT2D eigenvalue weighted by Crippen LogP contribution is -2.27. The molecule has 0 heterocycles. The number of aliphatic imine (C=N–C) groups is 2. The van der Waals surface area contributed by atoms with E-state index in [4.69, 9.17) is 0 Å². The van der Waals surface area contributed by atoms with Crippen molar-refractivity contribution in [2.75, 3.05) is 0 Å². The second kappa shape index (κ2) is 11.6. The minimum absolute atomic E-state index is 0.438. The molecule has 0 aromatic rings. The summed E-state index contributed by atoms with van der Waals surface area (Å²) >= 11 is 0. The van der Waals surface area contributed by atoms with Crippen molar-refractivity contribution in [2.45, 2.75) is 84.2 Å². The molecule has 0 aliphatic carbocycles. The molecule has 0 saturated carbocycles. The SMILES string of the molecule is CCCCCCC(CC)CC(CCC)(N=C=O)N=C=O. The number of isocyanates is 2. The first-order chi connectivity index (χ1) is 9.67. The number of unbranched alkanes of at least 4 members (excludes halogenated alkanes) is 3. The van der Waals surface area contributed by atoms with Crippen molar-refractivity contribution in [2.24, 2.45) is 15.9 Å². The van der Waals surface area contributed by atoms with Gasteiger partial charge >= 0.3 is 0 Å². The van der Waals surface area contributed by atoms with Gasteiger partial charge in [-0.2, -0.15) is 9.98 Å². The Morgan fingerprint density at radius 3 is 2.05 bits per heavy atom. The molecule has 0 spiro atoms. The lowest BCUT2D eigenvalue weighted by molar-refractivity contribution is 0.283. The largest absolute Gasteiger partial charge is 0.237 e. The fourth-order valence-electron chi connectivity index (χ4n) is 2.67. The van der Waals surface area contributed by atoms with Gasteiger partial charge in [-0.3, -0.25) is 0 Å². The zero-order valence-electron chi connectivity index (χ0n) is 13.2. The van der Waals surface area contributed by atoms with Crippen molar-refractivity contribution in [3.05, 3.63) is 0 Å². The van der Waals surface area contributed by atoms with Gasteiger partial charge in [0.1, 0.15) is 0 Å². The molecule has 0 aliphatic rings. The van der Waals surface area contributed by atoms with Crippen LogP contribution in [0.25, 0.3) is 0 Å². The van der Waals surface area contributed by atoms with Gasteiger partial charge in [0.15, 0.2) is 5.66 Å². The van der Waals surface area contributed by atoms with E-state index in [-0.39, 0.29) is 0 Å². The van der Waals surface area contributed by atoms with Crippen LogP contribution >= 0.6 is 0 Å². The Labute approximate surface area is 122 Å². The van der Waals surface area contributed by atoms with Crippen LogP contribution in [0, 0.1) is 5.92 Å². The number of nitrogens with zero attached hydrogens (tertiary/aromatic N) is 2. The third kappa shape index (κ3) is 7.37. The molecule has 0 N–H and O–H groups in total. The minimum atomic E-state index is -0.927. The summed E-state index contributed by atoms with van der Waals surface area (Å²) in [5.74, 6) is 0.438. The summed E-state index contributed by atoms with van der Waals surface area (Å²) in [6.45, 7) is 6.33. The van der Waals surface area contributed by atoms with Crippen LogP contribution in [0.15, 0.2) is 9.98 Å². The molecule has 4 heteroatoms. The highest BCUT2D eigenvalue weighted by Crippen LogP contribution is 2.31. The van der Waals surface area contributed by atoms with Crippen LogP contribution in [0.1, 0.15) is 78.6 Å². The van der Waals surface area contributed by atoms with E-state index in [1.165, 1.54) is 25.7 Å². The number of hydrogen-bond acceptors (Lipinski definition) is 4. The maximum atomic E-state index is 10.7. The normalized spacial score (nSPS) is 14.8. The Bertz CT molecular complexity index is 324. The predicted octanol–water partition coefficient (Wildman–Crippen LogP) is 4.54. The molecule has 1 atom stereocenters. The Kier molecular flexibility index (Phi) is 10.9. The van der Waals surface area contributed by atoms with Gasteiger partial charge in [-0.05, 0) is 18.8 Å². The average molecular weight is 280 g/mol. The Balaban J connectivity index is 4.72. The monoisotopic (exact) mass is 280 g/mol. The molecule has 114 valence electrons. The Morgan fingerprint density at radius 2 is 1.60 bits per heavy atom. The third-order valence-corrected chi connectivity index (χ3v) is 3.82. The molecule has 0 aliphatic heterocycles. The molecule has 0 bridgehead atoms. The molecule has 0 aromatic carbocycles. The van der Waals surface area contributed by atoms with Gasteiger partial charge in [0.05, 0.1) is 0 Å². The van der Waals surface area contributed by atoms with E-state index in [0.717, 1.165) is 19.3 Å². The van der Waals surface area contributed by atoms with Crippen molar-refractivity contribution in [3.8, 4) is 0 Å². The van der Waals surface area contributed by atoms with E-state index in [0.29, 0.717) is 18.8 Å². The van der Waals surface area contributed by atoms with Gasteiger partial charge in [0.2, 0.25) is 12.2 Å². The molecule has 0 fully saturated rings. The first-order valence-corrected chi connectivity index (χ1v) is 7.86. The highest BCUT2D eigenvalue weighted by atomic mass is 16.1. The molecule has 0 saturated heterocycles. The third-order valence-electron chi connectivity index (χ3n) is 3.82. The lowest BCUT2D eigenvalue weighted by atomic mass is 9.86. The van der Waals surface area contributed by atoms with Gasteiger partial charge in [-0.1, -0.05) is 65.7 Å². The average Bonchev–Trinajstić information content (AvgIpc) is 2.43. The Morgan fingerprint density at radius 1 is 0.950 bits per heavy atom. The summed E-state index contributed by atoms with van der Waals surface area (Å²) in [4.78, 5) is 29.0. The first-order valence-electron chi connectivity index (χ1n) is 7.86. The van der Waals surface area contributed by atoms with Crippen LogP contribution in [-0.2, 0) is 9.59 Å². The number of carbonyl (C=O) groups excluding carboxylic acids is 2. The standard InChI is InChI=1S/C16H28N2O2/c1-4-7-8-9-10-15(6-3)12-16(11-5-2,17-13-19)18-14-20/h15H,4-12H2,1-3H3. The van der Waals surface area contributed by atoms with Crippen LogP contribution in [0.4, 0.5) is 0 Å². The van der Waals surface area contributed by atoms with Gasteiger partial charge in [-0.15, -0.1) is 0 Å². The van der Waals surface area contributed by atoms with E-state index in [1.54, 1.807) is 12.2 Å². The summed E-state index contributed by atoms with van der Waals surface area (Å²) in [6, 6.07) is 0. The van der Waals surface area contributed by atoms with Crippen LogP contribution < -0.4 is 0 Å². The fraction of sp³-hybridized carbons (Fsp3) is 0.875. The highest BCUT2D eigenvalue weighted by molar-refractivity contribution is 5.39. The van der Waals surface area contributed by atoms with E-state index in [2.05, 4.69) is 23.8 Å². The van der Waals surface area contributed by atoms with Crippen LogP contribution in [0.3, 0.4) is 0 Å². The number of hydrogen-bond donors (Lipinski definition) is 0. The predicted molar refractivity (Wildman–Crippen MR) is 81.0 cm³/mol. The summed E-state index contributed by atoms with van der Waals surface area (Å²) in [5.41, 5.74) is -0.927. The fourth-order valence-corrected chi connectivity index (χ4v) is 2.67. The topological polar surface area (TPSA) is 58.9 Å². The molecular formula is C16H28N2O2. The quantitative estimate of drug-likeness (QED) is 0.299. The van der Waals surface area contributed by atoms with Crippen molar-refractivity contribution in [3.63, 3.8) is 0 Å². The van der Waals surface area contributed by atoms with Crippen molar-refractivity contribution in [1.29, 1.82) is 0 Å². The summed E-state index contributed by atoms with van der Waals surface area (Å²) in [6.07, 6.45) is 12.3. The lowest BCUT2D eigenvalue weighted by Gasteiger charge is -2.26. The van der Waals surface area contributed by atoms with Crippen LogP contribution in [0.5, 0.6) is 0 Å². The van der Waals surface area contributed by atoms with Crippen molar-refractivity contribution in [1.82, 2.24) is 0 Å². The zero-order valence-corrected chi connectivity index (χ0v) is 13.2. The van der Waals surface area contributed by atoms with Crippen LogP contribution in [-0.4, -0.2) is 17.8 Å².